The predicted molar refractivity (Wildman–Crippen MR) is 78.8 cm³/mol. The molecular weight excluding hydrogens is 290 g/mol. The number of aryl methyl sites for hydroxylation is 2. The Morgan fingerprint density at radius 2 is 1.78 bits per heavy atom. The second-order valence-corrected chi connectivity index (χ2v) is 4.98. The van der Waals surface area contributed by atoms with Crippen LogP contribution in [0.2, 0.25) is 0 Å². The fourth-order valence-electron chi connectivity index (χ4n) is 1.68. The largest absolute Gasteiger partial charge is 0.369 e. The van der Waals surface area contributed by atoms with Gasteiger partial charge in [-0.1, -0.05) is 29.8 Å². The molecule has 1 heterocycles. The molecule has 2 aromatic rings. The number of anilines is 1. The maximum absolute atomic E-state index is 4.55. The Balaban J connectivity index is 2.48. The lowest BCUT2D eigenvalue weighted by molar-refractivity contribution is 1.06. The molecule has 0 spiro atoms. The molecule has 18 heavy (non-hydrogen) atoms. The molecule has 3 nitrogen and oxygen atoms in total. The van der Waals surface area contributed by atoms with Crippen molar-refractivity contribution in [2.45, 2.75) is 20.8 Å². The minimum atomic E-state index is 0.756. The third-order valence-corrected chi connectivity index (χ3v) is 3.62. The number of halogens is 1. The second kappa shape index (κ2) is 5.48. The lowest BCUT2D eigenvalue weighted by atomic mass is 10.1. The number of nitrogens with one attached hydrogen (secondary N) is 1. The van der Waals surface area contributed by atoms with Gasteiger partial charge in [-0.2, -0.15) is 0 Å². The monoisotopic (exact) mass is 305 g/mol. The molecule has 2 rings (SSSR count). The quantitative estimate of drug-likeness (QED) is 0.933. The molecule has 0 amide bonds. The van der Waals surface area contributed by atoms with Gasteiger partial charge in [0, 0.05) is 12.1 Å². The van der Waals surface area contributed by atoms with E-state index in [1.54, 1.807) is 0 Å². The first-order valence-corrected chi connectivity index (χ1v) is 6.76. The summed E-state index contributed by atoms with van der Waals surface area (Å²) in [5, 5.41) is 3.24. The SMILES string of the molecule is CCNc1nc(-c2ccc(C)cc2)nc(C)c1Br. The smallest absolute Gasteiger partial charge is 0.161 e. The molecule has 0 aliphatic carbocycles. The highest BCUT2D eigenvalue weighted by Gasteiger charge is 2.09. The lowest BCUT2D eigenvalue weighted by Crippen LogP contribution is -2.04. The van der Waals surface area contributed by atoms with Gasteiger partial charge in [-0.05, 0) is 36.7 Å². The zero-order valence-electron chi connectivity index (χ0n) is 10.8. The molecule has 4 heteroatoms. The van der Waals surface area contributed by atoms with Crippen LogP contribution >= 0.6 is 15.9 Å². The van der Waals surface area contributed by atoms with Crippen LogP contribution in [0.3, 0.4) is 0 Å². The summed E-state index contributed by atoms with van der Waals surface area (Å²) < 4.78 is 0.931. The van der Waals surface area contributed by atoms with Crippen LogP contribution in [0.5, 0.6) is 0 Å². The number of rotatable bonds is 3. The third-order valence-electron chi connectivity index (χ3n) is 2.67. The molecule has 0 saturated heterocycles. The van der Waals surface area contributed by atoms with Crippen molar-refractivity contribution in [3.05, 3.63) is 40.0 Å². The first kappa shape index (κ1) is 13.0. The van der Waals surface area contributed by atoms with Crippen molar-refractivity contribution >= 4 is 21.7 Å². The van der Waals surface area contributed by atoms with Crippen LogP contribution in [0.4, 0.5) is 5.82 Å². The van der Waals surface area contributed by atoms with Crippen LogP contribution < -0.4 is 5.32 Å². The van der Waals surface area contributed by atoms with E-state index in [0.717, 1.165) is 33.9 Å². The summed E-state index contributed by atoms with van der Waals surface area (Å²) in [6, 6.07) is 8.24. The van der Waals surface area contributed by atoms with Crippen LogP contribution in [-0.4, -0.2) is 16.5 Å². The van der Waals surface area contributed by atoms with Crippen molar-refractivity contribution in [3.8, 4) is 11.4 Å². The van der Waals surface area contributed by atoms with Gasteiger partial charge < -0.3 is 5.32 Å². The van der Waals surface area contributed by atoms with Gasteiger partial charge in [0.1, 0.15) is 5.82 Å². The van der Waals surface area contributed by atoms with E-state index in [-0.39, 0.29) is 0 Å². The van der Waals surface area contributed by atoms with Crippen LogP contribution in [0, 0.1) is 13.8 Å². The van der Waals surface area contributed by atoms with Crippen molar-refractivity contribution in [1.29, 1.82) is 0 Å². The molecule has 1 N–H and O–H groups in total. The zero-order valence-corrected chi connectivity index (χ0v) is 12.4. The lowest BCUT2D eigenvalue weighted by Gasteiger charge is -2.10. The van der Waals surface area contributed by atoms with Crippen molar-refractivity contribution in [1.82, 2.24) is 9.97 Å². The highest BCUT2D eigenvalue weighted by Crippen LogP contribution is 2.26. The highest BCUT2D eigenvalue weighted by molar-refractivity contribution is 9.10. The standard InChI is InChI=1S/C14H16BrN3/c1-4-16-14-12(15)10(3)17-13(18-14)11-7-5-9(2)6-8-11/h5-8H,4H2,1-3H3,(H,16,17,18). The molecule has 0 bridgehead atoms. The van der Waals surface area contributed by atoms with Crippen LogP contribution in [0.25, 0.3) is 11.4 Å². The van der Waals surface area contributed by atoms with Crippen LogP contribution in [0.15, 0.2) is 28.7 Å². The topological polar surface area (TPSA) is 37.8 Å². The van der Waals surface area contributed by atoms with Crippen molar-refractivity contribution in [2.24, 2.45) is 0 Å². The molecule has 0 fully saturated rings. The Morgan fingerprint density at radius 1 is 1.11 bits per heavy atom. The Labute approximate surface area is 116 Å². The molecular formula is C14H16BrN3. The van der Waals surface area contributed by atoms with Gasteiger partial charge in [-0.25, -0.2) is 9.97 Å². The van der Waals surface area contributed by atoms with Crippen molar-refractivity contribution in [2.75, 3.05) is 11.9 Å². The minimum absolute atomic E-state index is 0.756. The van der Waals surface area contributed by atoms with E-state index in [1.165, 1.54) is 5.56 Å². The summed E-state index contributed by atoms with van der Waals surface area (Å²) >= 11 is 3.51. The van der Waals surface area contributed by atoms with Gasteiger partial charge in [0.2, 0.25) is 0 Å². The van der Waals surface area contributed by atoms with E-state index in [9.17, 15) is 0 Å². The van der Waals surface area contributed by atoms with Crippen LogP contribution in [-0.2, 0) is 0 Å². The molecule has 0 saturated carbocycles. The molecule has 0 aliphatic rings. The number of benzene rings is 1. The third kappa shape index (κ3) is 2.70. The predicted octanol–water partition coefficient (Wildman–Crippen LogP) is 3.95. The molecule has 1 aromatic heterocycles. The molecule has 0 aliphatic heterocycles. The van der Waals surface area contributed by atoms with Crippen molar-refractivity contribution in [3.63, 3.8) is 0 Å². The summed E-state index contributed by atoms with van der Waals surface area (Å²) in [7, 11) is 0. The summed E-state index contributed by atoms with van der Waals surface area (Å²) in [4.78, 5) is 9.07. The zero-order chi connectivity index (χ0) is 13.1. The first-order chi connectivity index (χ1) is 8.61. The Bertz CT molecular complexity index is 550. The van der Waals surface area contributed by atoms with E-state index < -0.39 is 0 Å². The normalized spacial score (nSPS) is 10.4. The Kier molecular flexibility index (Phi) is 3.97. The van der Waals surface area contributed by atoms with Gasteiger partial charge in [0.05, 0.1) is 10.2 Å². The van der Waals surface area contributed by atoms with E-state index in [1.807, 2.05) is 19.1 Å². The fraction of sp³-hybridized carbons (Fsp3) is 0.286. The maximum Gasteiger partial charge on any atom is 0.161 e. The molecule has 0 radical (unpaired) electrons. The van der Waals surface area contributed by atoms with Gasteiger partial charge in [-0.3, -0.25) is 0 Å². The van der Waals surface area contributed by atoms with Gasteiger partial charge in [-0.15, -0.1) is 0 Å². The van der Waals surface area contributed by atoms with Gasteiger partial charge in [0.25, 0.3) is 0 Å². The number of hydrogen-bond acceptors (Lipinski definition) is 3. The van der Waals surface area contributed by atoms with E-state index in [0.29, 0.717) is 0 Å². The number of hydrogen-bond donors (Lipinski definition) is 1. The van der Waals surface area contributed by atoms with Gasteiger partial charge in [0.15, 0.2) is 5.82 Å². The average Bonchev–Trinajstić information content (AvgIpc) is 2.36. The summed E-state index contributed by atoms with van der Waals surface area (Å²) in [5.74, 6) is 1.60. The van der Waals surface area contributed by atoms with Crippen LogP contribution in [0.1, 0.15) is 18.2 Å². The fourth-order valence-corrected chi connectivity index (χ4v) is 1.99. The molecule has 1 aromatic carbocycles. The maximum atomic E-state index is 4.55. The first-order valence-electron chi connectivity index (χ1n) is 5.97. The molecule has 0 unspecified atom stereocenters. The average molecular weight is 306 g/mol. The minimum Gasteiger partial charge on any atom is -0.369 e. The Hall–Kier alpha value is -1.42. The van der Waals surface area contributed by atoms with E-state index in [4.69, 9.17) is 0 Å². The molecule has 0 atom stereocenters. The Morgan fingerprint density at radius 3 is 2.39 bits per heavy atom. The number of nitrogens with zero attached hydrogens (tertiary/aromatic N) is 2. The van der Waals surface area contributed by atoms with Gasteiger partial charge >= 0.3 is 0 Å². The summed E-state index contributed by atoms with van der Waals surface area (Å²) in [6.45, 7) is 6.93. The van der Waals surface area contributed by atoms with Crippen molar-refractivity contribution < 1.29 is 0 Å². The van der Waals surface area contributed by atoms with E-state index in [2.05, 4.69) is 57.2 Å². The summed E-state index contributed by atoms with van der Waals surface area (Å²) in [6.07, 6.45) is 0. The second-order valence-electron chi connectivity index (χ2n) is 4.19. The number of aromatic nitrogens is 2. The highest BCUT2D eigenvalue weighted by atomic mass is 79.9. The van der Waals surface area contributed by atoms with E-state index >= 15 is 0 Å². The summed E-state index contributed by atoms with van der Waals surface area (Å²) in [5.41, 5.74) is 3.21. The molecule has 94 valence electrons.